The molecule has 0 unspecified atom stereocenters. The second-order valence-corrected chi connectivity index (χ2v) is 6.04. The average molecular weight is 294 g/mol. The summed E-state index contributed by atoms with van der Waals surface area (Å²) in [6.45, 7) is 5.94. The molecule has 0 aromatic carbocycles. The highest BCUT2D eigenvalue weighted by Gasteiger charge is 2.17. The van der Waals surface area contributed by atoms with Gasteiger partial charge in [-0.05, 0) is 25.7 Å². The van der Waals surface area contributed by atoms with Crippen molar-refractivity contribution in [2.24, 2.45) is 0 Å². The monoisotopic (exact) mass is 294 g/mol. The molecule has 6 heteroatoms. The smallest absolute Gasteiger partial charge is 0.314 e. The highest BCUT2D eigenvalue weighted by atomic mass is 32.1. The molecule has 0 spiro atoms. The molecule has 3 rings (SSSR count). The van der Waals surface area contributed by atoms with E-state index in [4.69, 9.17) is 12.2 Å². The Morgan fingerprint density at radius 1 is 1.10 bits per heavy atom. The van der Waals surface area contributed by atoms with Gasteiger partial charge in [-0.2, -0.15) is 0 Å². The van der Waals surface area contributed by atoms with E-state index in [9.17, 15) is 4.79 Å². The Bertz CT molecular complexity index is 586. The summed E-state index contributed by atoms with van der Waals surface area (Å²) in [6.07, 6.45) is 4.35. The van der Waals surface area contributed by atoms with E-state index in [2.05, 4.69) is 15.2 Å². The molecule has 20 heavy (non-hydrogen) atoms. The van der Waals surface area contributed by atoms with Crippen LogP contribution in [0.15, 0.2) is 4.79 Å². The van der Waals surface area contributed by atoms with Crippen molar-refractivity contribution in [3.8, 4) is 0 Å². The van der Waals surface area contributed by atoms with E-state index in [0.29, 0.717) is 4.64 Å². The van der Waals surface area contributed by atoms with Crippen LogP contribution in [-0.4, -0.2) is 47.2 Å². The van der Waals surface area contributed by atoms with Gasteiger partial charge in [0.15, 0.2) is 0 Å². The molecular formula is C14H22N4OS. The molecule has 1 saturated heterocycles. The van der Waals surface area contributed by atoms with Crippen molar-refractivity contribution in [1.29, 1.82) is 0 Å². The first-order valence-electron chi connectivity index (χ1n) is 7.53. The van der Waals surface area contributed by atoms with Gasteiger partial charge in [-0.25, -0.2) is 4.79 Å². The SMILES string of the molecule is O=c1[nH]c(=S)c2c(n1CCN1CCNCC1)CCCC2. The highest BCUT2D eigenvalue weighted by molar-refractivity contribution is 7.71. The molecule has 1 fully saturated rings. The minimum absolute atomic E-state index is 0.0363. The normalized spacial score (nSPS) is 19.8. The van der Waals surface area contributed by atoms with Gasteiger partial charge in [0.25, 0.3) is 0 Å². The fourth-order valence-electron chi connectivity index (χ4n) is 3.21. The van der Waals surface area contributed by atoms with Crippen LogP contribution < -0.4 is 11.0 Å². The standard InChI is InChI=1S/C14H22N4OS/c19-14-16-13(20)11-3-1-2-4-12(11)18(14)10-9-17-7-5-15-6-8-17/h15H,1-10H2,(H,16,19,20). The fraction of sp³-hybridized carbons (Fsp3) is 0.714. The minimum Gasteiger partial charge on any atom is -0.314 e. The molecular weight excluding hydrogens is 272 g/mol. The number of nitrogens with zero attached hydrogens (tertiary/aromatic N) is 2. The van der Waals surface area contributed by atoms with Crippen molar-refractivity contribution in [3.05, 3.63) is 26.4 Å². The zero-order chi connectivity index (χ0) is 13.9. The predicted molar refractivity (Wildman–Crippen MR) is 81.8 cm³/mol. The number of aromatic nitrogens is 2. The topological polar surface area (TPSA) is 53.1 Å². The van der Waals surface area contributed by atoms with Crippen molar-refractivity contribution in [3.63, 3.8) is 0 Å². The van der Waals surface area contributed by atoms with E-state index in [0.717, 1.165) is 52.1 Å². The van der Waals surface area contributed by atoms with Crippen LogP contribution in [0.3, 0.4) is 0 Å². The number of piperazine rings is 1. The summed E-state index contributed by atoms with van der Waals surface area (Å²) < 4.78 is 2.58. The van der Waals surface area contributed by atoms with Gasteiger partial charge in [0.1, 0.15) is 4.64 Å². The van der Waals surface area contributed by atoms with E-state index in [1.807, 2.05) is 4.57 Å². The van der Waals surface area contributed by atoms with Crippen molar-refractivity contribution in [2.45, 2.75) is 32.2 Å². The molecule has 0 amide bonds. The van der Waals surface area contributed by atoms with E-state index < -0.39 is 0 Å². The van der Waals surface area contributed by atoms with Crippen LogP contribution in [-0.2, 0) is 19.4 Å². The molecule has 2 aliphatic rings. The van der Waals surface area contributed by atoms with Gasteiger partial charge >= 0.3 is 5.69 Å². The quantitative estimate of drug-likeness (QED) is 0.806. The van der Waals surface area contributed by atoms with Crippen molar-refractivity contribution >= 4 is 12.2 Å². The number of hydrogen-bond acceptors (Lipinski definition) is 4. The summed E-state index contributed by atoms with van der Waals surface area (Å²) in [7, 11) is 0. The van der Waals surface area contributed by atoms with Crippen molar-refractivity contribution in [1.82, 2.24) is 19.8 Å². The van der Waals surface area contributed by atoms with Crippen molar-refractivity contribution in [2.75, 3.05) is 32.7 Å². The summed E-state index contributed by atoms with van der Waals surface area (Å²) in [5.41, 5.74) is 2.34. The third kappa shape index (κ3) is 2.87. The summed E-state index contributed by atoms with van der Waals surface area (Å²) >= 11 is 5.31. The highest BCUT2D eigenvalue weighted by Crippen LogP contribution is 2.20. The number of H-pyrrole nitrogens is 1. The van der Waals surface area contributed by atoms with Crippen LogP contribution in [0, 0.1) is 4.64 Å². The lowest BCUT2D eigenvalue weighted by molar-refractivity contribution is 0.230. The zero-order valence-electron chi connectivity index (χ0n) is 11.8. The minimum atomic E-state index is -0.0363. The average Bonchev–Trinajstić information content (AvgIpc) is 2.48. The molecule has 0 radical (unpaired) electrons. The van der Waals surface area contributed by atoms with Crippen LogP contribution in [0.2, 0.25) is 0 Å². The van der Waals surface area contributed by atoms with E-state index in [-0.39, 0.29) is 5.69 Å². The molecule has 0 atom stereocenters. The maximum atomic E-state index is 12.2. The summed E-state index contributed by atoms with van der Waals surface area (Å²) in [5.74, 6) is 0. The number of hydrogen-bond donors (Lipinski definition) is 2. The number of rotatable bonds is 3. The van der Waals surface area contributed by atoms with E-state index in [1.165, 1.54) is 24.1 Å². The third-order valence-corrected chi connectivity index (χ3v) is 4.70. The molecule has 1 aromatic heterocycles. The Morgan fingerprint density at radius 3 is 2.65 bits per heavy atom. The van der Waals surface area contributed by atoms with Crippen molar-refractivity contribution < 1.29 is 0 Å². The lowest BCUT2D eigenvalue weighted by Crippen LogP contribution is -2.45. The second kappa shape index (κ2) is 6.20. The Balaban J connectivity index is 1.81. The Kier molecular flexibility index (Phi) is 4.33. The molecule has 5 nitrogen and oxygen atoms in total. The first kappa shape index (κ1) is 14.0. The first-order chi connectivity index (χ1) is 9.75. The maximum Gasteiger partial charge on any atom is 0.326 e. The van der Waals surface area contributed by atoms with Crippen LogP contribution in [0.25, 0.3) is 0 Å². The van der Waals surface area contributed by atoms with Gasteiger partial charge in [-0.15, -0.1) is 0 Å². The van der Waals surface area contributed by atoms with Gasteiger partial charge in [0.05, 0.1) is 0 Å². The Morgan fingerprint density at radius 2 is 1.85 bits per heavy atom. The molecule has 2 heterocycles. The Hall–Kier alpha value is -0.980. The molecule has 1 aliphatic heterocycles. The zero-order valence-corrected chi connectivity index (χ0v) is 12.6. The van der Waals surface area contributed by atoms with Crippen LogP contribution in [0.5, 0.6) is 0 Å². The van der Waals surface area contributed by atoms with Crippen LogP contribution in [0.1, 0.15) is 24.1 Å². The lowest BCUT2D eigenvalue weighted by Gasteiger charge is -2.28. The molecule has 0 saturated carbocycles. The molecule has 2 N–H and O–H groups in total. The number of aromatic amines is 1. The van der Waals surface area contributed by atoms with Gasteiger partial charge in [-0.3, -0.25) is 14.5 Å². The second-order valence-electron chi connectivity index (χ2n) is 5.63. The number of fused-ring (bicyclic) bond motifs is 1. The van der Waals surface area contributed by atoms with Gasteiger partial charge in [0.2, 0.25) is 0 Å². The maximum absolute atomic E-state index is 12.2. The fourth-order valence-corrected chi connectivity index (χ4v) is 3.51. The van der Waals surface area contributed by atoms with E-state index in [1.54, 1.807) is 0 Å². The summed E-state index contributed by atoms with van der Waals surface area (Å²) in [4.78, 5) is 17.5. The first-order valence-corrected chi connectivity index (χ1v) is 7.94. The van der Waals surface area contributed by atoms with E-state index >= 15 is 0 Å². The Labute approximate surface area is 124 Å². The molecule has 0 bridgehead atoms. The van der Waals surface area contributed by atoms with Gasteiger partial charge in [-0.1, -0.05) is 12.2 Å². The molecule has 1 aliphatic carbocycles. The van der Waals surface area contributed by atoms with Crippen LogP contribution in [0.4, 0.5) is 0 Å². The lowest BCUT2D eigenvalue weighted by atomic mass is 9.97. The summed E-state index contributed by atoms with van der Waals surface area (Å²) in [6, 6.07) is 0. The molecule has 110 valence electrons. The predicted octanol–water partition coefficient (Wildman–Crippen LogP) is 0.690. The number of nitrogens with one attached hydrogen (secondary N) is 2. The third-order valence-electron chi connectivity index (χ3n) is 4.35. The van der Waals surface area contributed by atoms with Gasteiger partial charge in [0, 0.05) is 50.5 Å². The van der Waals surface area contributed by atoms with Crippen LogP contribution >= 0.6 is 12.2 Å². The van der Waals surface area contributed by atoms with Gasteiger partial charge < -0.3 is 5.32 Å². The summed E-state index contributed by atoms with van der Waals surface area (Å²) in [5, 5.41) is 3.35. The molecule has 1 aromatic rings. The largest absolute Gasteiger partial charge is 0.326 e.